The Morgan fingerprint density at radius 2 is 1.72 bits per heavy atom. The second-order valence-electron chi connectivity index (χ2n) is 10.0. The highest BCUT2D eigenvalue weighted by molar-refractivity contribution is 6.01. The molecule has 0 unspecified atom stereocenters. The molecule has 11 heteroatoms. The second kappa shape index (κ2) is 12.7. The summed E-state index contributed by atoms with van der Waals surface area (Å²) in [5.41, 5.74) is 8.76. The summed E-state index contributed by atoms with van der Waals surface area (Å²) in [7, 11) is 0. The van der Waals surface area contributed by atoms with E-state index in [-0.39, 0.29) is 12.3 Å². The molecule has 1 heterocycles. The van der Waals surface area contributed by atoms with Gasteiger partial charge in [-0.1, -0.05) is 48.5 Å². The Bertz CT molecular complexity index is 1360. The fourth-order valence-corrected chi connectivity index (χ4v) is 3.88. The lowest BCUT2D eigenvalue weighted by atomic mass is 10.1. The van der Waals surface area contributed by atoms with E-state index in [1.807, 2.05) is 59.2 Å². The number of nitrogens with two attached hydrogens (primary N) is 1. The number of hydrogen-bond donors (Lipinski definition) is 4. The predicted molar refractivity (Wildman–Crippen MR) is 148 cm³/mol. The van der Waals surface area contributed by atoms with Gasteiger partial charge in [0, 0.05) is 17.4 Å². The van der Waals surface area contributed by atoms with Crippen LogP contribution in [0.5, 0.6) is 0 Å². The highest BCUT2D eigenvalue weighted by Crippen LogP contribution is 2.21. The number of primary amides is 1. The fraction of sp³-hybridized carbons (Fsp3) is 0.321. The maximum atomic E-state index is 13.3. The summed E-state index contributed by atoms with van der Waals surface area (Å²) in [5, 5.41) is 9.98. The average molecular weight is 535 g/mol. The highest BCUT2D eigenvalue weighted by Gasteiger charge is 2.25. The summed E-state index contributed by atoms with van der Waals surface area (Å²) in [5.74, 6) is -1.01. The van der Waals surface area contributed by atoms with Gasteiger partial charge >= 0.3 is 6.03 Å². The van der Waals surface area contributed by atoms with Crippen LogP contribution in [0.15, 0.2) is 65.8 Å². The number of carbonyl (C=O) groups is 4. The Kier molecular flexibility index (Phi) is 9.43. The van der Waals surface area contributed by atoms with Gasteiger partial charge in [-0.15, -0.1) is 5.10 Å². The summed E-state index contributed by atoms with van der Waals surface area (Å²) in [6.07, 6.45) is 0.384. The minimum Gasteiger partial charge on any atom is -0.474 e. The number of aromatic nitrogens is 1. The van der Waals surface area contributed by atoms with Crippen molar-refractivity contribution in [2.24, 2.45) is 10.8 Å². The smallest absolute Gasteiger partial charge is 0.332 e. The minimum absolute atomic E-state index is 0.000757. The van der Waals surface area contributed by atoms with Gasteiger partial charge in [-0.25, -0.2) is 10.2 Å². The van der Waals surface area contributed by atoms with Gasteiger partial charge in [0.25, 0.3) is 5.91 Å². The summed E-state index contributed by atoms with van der Waals surface area (Å²) < 4.78 is 7.57. The first-order chi connectivity index (χ1) is 18.5. The number of carbonyl (C=O) groups excluding carboxylic acids is 4. The Morgan fingerprint density at radius 3 is 2.36 bits per heavy atom. The zero-order valence-electron chi connectivity index (χ0n) is 22.4. The van der Waals surface area contributed by atoms with Crippen molar-refractivity contribution in [1.29, 1.82) is 0 Å². The first-order valence-electron chi connectivity index (χ1n) is 12.5. The van der Waals surface area contributed by atoms with E-state index in [2.05, 4.69) is 21.2 Å². The molecule has 0 aliphatic heterocycles. The number of amides is 4. The Labute approximate surface area is 226 Å². The number of ether oxygens (including phenoxy) is 1. The third kappa shape index (κ3) is 8.42. The van der Waals surface area contributed by atoms with Crippen LogP contribution in [-0.4, -0.2) is 52.3 Å². The van der Waals surface area contributed by atoms with Gasteiger partial charge in [0.1, 0.15) is 23.6 Å². The number of benzene rings is 2. The number of urea groups is 1. The normalized spacial score (nSPS) is 13.3. The Morgan fingerprint density at radius 1 is 1.05 bits per heavy atom. The molecular formula is C28H34N6O5. The van der Waals surface area contributed by atoms with Crippen LogP contribution < -0.4 is 21.8 Å². The molecule has 3 aromatic rings. The average Bonchev–Trinajstić information content (AvgIpc) is 3.24. The maximum Gasteiger partial charge on any atom is 0.332 e. The molecule has 0 saturated carbocycles. The highest BCUT2D eigenvalue weighted by atomic mass is 16.5. The van der Waals surface area contributed by atoms with Crippen molar-refractivity contribution in [3.63, 3.8) is 0 Å². The maximum absolute atomic E-state index is 13.3. The molecular weight excluding hydrogens is 500 g/mol. The Hall–Kier alpha value is -4.67. The van der Waals surface area contributed by atoms with Crippen molar-refractivity contribution in [3.05, 3.63) is 71.9 Å². The van der Waals surface area contributed by atoms with Gasteiger partial charge < -0.3 is 30.5 Å². The lowest BCUT2D eigenvalue weighted by Crippen LogP contribution is -2.49. The Balaban J connectivity index is 1.73. The molecule has 4 amide bonds. The zero-order valence-corrected chi connectivity index (χ0v) is 22.4. The first-order valence-corrected chi connectivity index (χ1v) is 12.5. The summed E-state index contributed by atoms with van der Waals surface area (Å²) in [6, 6.07) is 16.3. The van der Waals surface area contributed by atoms with Gasteiger partial charge in [-0.3, -0.25) is 9.59 Å². The molecule has 2 aromatic carbocycles. The molecule has 0 radical (unpaired) electrons. The van der Waals surface area contributed by atoms with Crippen molar-refractivity contribution in [1.82, 2.24) is 20.6 Å². The van der Waals surface area contributed by atoms with E-state index >= 15 is 0 Å². The molecule has 3 rings (SSSR count). The summed E-state index contributed by atoms with van der Waals surface area (Å²) in [6.45, 7) is 7.27. The zero-order chi connectivity index (χ0) is 28.6. The second-order valence-corrected chi connectivity index (χ2v) is 10.0. The number of rotatable bonds is 10. The van der Waals surface area contributed by atoms with Crippen molar-refractivity contribution in [2.75, 3.05) is 0 Å². The van der Waals surface area contributed by atoms with Crippen molar-refractivity contribution >= 4 is 40.9 Å². The van der Waals surface area contributed by atoms with Gasteiger partial charge in [0.05, 0.1) is 12.5 Å². The van der Waals surface area contributed by atoms with Gasteiger partial charge in [0.15, 0.2) is 0 Å². The predicted octanol–water partition coefficient (Wildman–Crippen LogP) is 2.68. The van der Waals surface area contributed by atoms with Crippen LogP contribution >= 0.6 is 0 Å². The van der Waals surface area contributed by atoms with E-state index < -0.39 is 35.5 Å². The summed E-state index contributed by atoms with van der Waals surface area (Å²) >= 11 is 0. The molecule has 39 heavy (non-hydrogen) atoms. The molecule has 0 aliphatic carbocycles. The van der Waals surface area contributed by atoms with Crippen LogP contribution in [-0.2, 0) is 20.9 Å². The van der Waals surface area contributed by atoms with E-state index in [0.717, 1.165) is 16.5 Å². The molecule has 0 spiro atoms. The number of hydrogen-bond acceptors (Lipinski definition) is 6. The molecule has 2 atom stereocenters. The topological polar surface area (TPSA) is 157 Å². The van der Waals surface area contributed by atoms with Crippen molar-refractivity contribution < 1.29 is 23.9 Å². The van der Waals surface area contributed by atoms with E-state index in [4.69, 9.17) is 10.5 Å². The van der Waals surface area contributed by atoms with Crippen LogP contribution in [0.4, 0.5) is 4.79 Å². The molecule has 206 valence electrons. The first kappa shape index (κ1) is 28.9. The van der Waals surface area contributed by atoms with Crippen LogP contribution in [0.2, 0.25) is 0 Å². The van der Waals surface area contributed by atoms with Crippen molar-refractivity contribution in [2.45, 2.75) is 58.3 Å². The molecule has 0 saturated heterocycles. The minimum atomic E-state index is -1.03. The van der Waals surface area contributed by atoms with Crippen LogP contribution in [0.25, 0.3) is 10.9 Å². The fourth-order valence-electron chi connectivity index (χ4n) is 3.88. The number of para-hydroxylation sites is 1. The number of nitrogens with zero attached hydrogens (tertiary/aromatic N) is 2. The third-order valence-electron chi connectivity index (χ3n) is 5.57. The quantitative estimate of drug-likeness (QED) is 0.136. The van der Waals surface area contributed by atoms with Crippen LogP contribution in [0, 0.1) is 0 Å². The number of aldehydes is 1. The van der Waals surface area contributed by atoms with Gasteiger partial charge in [-0.2, -0.15) is 0 Å². The molecule has 11 nitrogen and oxygen atoms in total. The molecule has 0 fully saturated rings. The number of nitrogens with one attached hydrogen (secondary N) is 3. The van der Waals surface area contributed by atoms with Gasteiger partial charge in [-0.05, 0) is 45.4 Å². The molecule has 5 N–H and O–H groups in total. The lowest BCUT2D eigenvalue weighted by Gasteiger charge is -2.24. The van der Waals surface area contributed by atoms with Gasteiger partial charge in [0.2, 0.25) is 11.8 Å². The molecule has 0 bridgehead atoms. The van der Waals surface area contributed by atoms with E-state index in [9.17, 15) is 19.2 Å². The summed E-state index contributed by atoms with van der Waals surface area (Å²) in [4.78, 5) is 49.0. The lowest BCUT2D eigenvalue weighted by molar-refractivity contribution is -0.125. The number of fused-ring (bicyclic) bond motifs is 1. The van der Waals surface area contributed by atoms with Crippen molar-refractivity contribution in [3.8, 4) is 0 Å². The van der Waals surface area contributed by atoms with E-state index in [1.165, 1.54) is 6.92 Å². The number of hydrazone groups is 1. The van der Waals surface area contributed by atoms with E-state index in [1.54, 1.807) is 26.8 Å². The standard InChI is InChI=1S/C28H34N6O5/c1-18(25(36)31-21(17-35)15-24(32-33-27(29)38)39-28(2,3)4)30-26(37)23-14-20-12-8-9-13-22(20)34(23)16-19-10-6-5-7-11-19/h5-14,17-18,21H,15-16H2,1-4H3,(H,30,37)(H,31,36)(H3,29,33,38)/t18-,21-/m0/s1. The molecule has 1 aromatic heterocycles. The third-order valence-corrected chi connectivity index (χ3v) is 5.57. The van der Waals surface area contributed by atoms with Crippen LogP contribution in [0.1, 0.15) is 50.2 Å². The van der Waals surface area contributed by atoms with E-state index in [0.29, 0.717) is 18.5 Å². The van der Waals surface area contributed by atoms with Crippen LogP contribution in [0.3, 0.4) is 0 Å². The monoisotopic (exact) mass is 534 g/mol. The molecule has 0 aliphatic rings. The largest absolute Gasteiger partial charge is 0.474 e. The SMILES string of the molecule is C[C@H](NC(=O)c1cc2ccccc2n1Cc1ccccc1)C(=O)N[C@H](C=O)CC(=NNC(N)=O)OC(C)(C)C.